The first-order valence-electron chi connectivity index (χ1n) is 11.1. The number of aryl methyl sites for hydroxylation is 1. The van der Waals surface area contributed by atoms with Crippen LogP contribution < -0.4 is 20.7 Å². The van der Waals surface area contributed by atoms with Crippen LogP contribution in [-0.4, -0.2) is 36.1 Å². The summed E-state index contributed by atoms with van der Waals surface area (Å²) in [6, 6.07) is 11.7. The van der Waals surface area contributed by atoms with Gasteiger partial charge in [0.05, 0.1) is 12.8 Å². The Labute approximate surface area is 207 Å². The van der Waals surface area contributed by atoms with Gasteiger partial charge in [-0.2, -0.15) is 4.98 Å². The molecule has 0 atom stereocenters. The summed E-state index contributed by atoms with van der Waals surface area (Å²) >= 11 is 3.42. The Balaban J connectivity index is 1.52. The lowest BCUT2D eigenvalue weighted by atomic mass is 9.87. The van der Waals surface area contributed by atoms with Gasteiger partial charge in [0.2, 0.25) is 11.8 Å². The Kier molecular flexibility index (Phi) is 7.46. The lowest BCUT2D eigenvalue weighted by Gasteiger charge is -2.24. The molecule has 1 amide bonds. The van der Waals surface area contributed by atoms with Crippen molar-refractivity contribution >= 4 is 39.2 Å². The third-order valence-corrected chi connectivity index (χ3v) is 6.57. The molecule has 1 saturated heterocycles. The van der Waals surface area contributed by atoms with Gasteiger partial charge in [0, 0.05) is 21.9 Å². The van der Waals surface area contributed by atoms with Gasteiger partial charge in [-0.1, -0.05) is 18.1 Å². The standard InChI is InChI=1S/C26H26BrN5O2/c1-4-17-6-5-7-22(27)23(17)31-24(33)21-15-29-26(32-25(21)34-3)30-19-8-9-20(16(2)14-19)18-10-12-28-13-11-18/h1,5-9,14-15,18,28H,10-13H2,2-3H3,(H,31,33)(H,29,30,32). The summed E-state index contributed by atoms with van der Waals surface area (Å²) in [6.45, 7) is 4.25. The molecule has 4 rings (SSSR count). The molecule has 0 aliphatic carbocycles. The van der Waals surface area contributed by atoms with Crippen molar-refractivity contribution in [3.63, 3.8) is 0 Å². The van der Waals surface area contributed by atoms with Gasteiger partial charge in [0.1, 0.15) is 5.56 Å². The number of rotatable bonds is 6. The second-order valence-electron chi connectivity index (χ2n) is 8.10. The Morgan fingerprint density at radius 3 is 2.76 bits per heavy atom. The van der Waals surface area contributed by atoms with E-state index in [2.05, 4.69) is 66.8 Å². The van der Waals surface area contributed by atoms with E-state index in [1.165, 1.54) is 24.4 Å². The van der Waals surface area contributed by atoms with Gasteiger partial charge in [0.25, 0.3) is 5.91 Å². The molecule has 0 bridgehead atoms. The Hall–Kier alpha value is -3.41. The molecule has 2 aromatic carbocycles. The molecule has 0 radical (unpaired) electrons. The second kappa shape index (κ2) is 10.7. The maximum absolute atomic E-state index is 12.9. The number of amides is 1. The van der Waals surface area contributed by atoms with Crippen LogP contribution in [0.25, 0.3) is 0 Å². The number of nitrogens with zero attached hydrogens (tertiary/aromatic N) is 2. The van der Waals surface area contributed by atoms with E-state index in [-0.39, 0.29) is 11.4 Å². The predicted octanol–water partition coefficient (Wildman–Crippen LogP) is 5.00. The largest absolute Gasteiger partial charge is 0.480 e. The fraction of sp³-hybridized carbons (Fsp3) is 0.269. The van der Waals surface area contributed by atoms with Crippen molar-refractivity contribution in [2.24, 2.45) is 0 Å². The number of para-hydroxylation sites is 1. The van der Waals surface area contributed by atoms with Crippen molar-refractivity contribution in [1.29, 1.82) is 0 Å². The van der Waals surface area contributed by atoms with Gasteiger partial charge in [-0.3, -0.25) is 4.79 Å². The highest BCUT2D eigenvalue weighted by Crippen LogP contribution is 2.31. The van der Waals surface area contributed by atoms with E-state index >= 15 is 0 Å². The minimum Gasteiger partial charge on any atom is -0.480 e. The minimum absolute atomic E-state index is 0.160. The number of terminal acetylenes is 1. The van der Waals surface area contributed by atoms with Crippen LogP contribution in [0.2, 0.25) is 0 Å². The second-order valence-corrected chi connectivity index (χ2v) is 8.95. The number of piperidine rings is 1. The topological polar surface area (TPSA) is 88.2 Å². The lowest BCUT2D eigenvalue weighted by molar-refractivity contribution is 0.102. The predicted molar refractivity (Wildman–Crippen MR) is 138 cm³/mol. The molecule has 7 nitrogen and oxygen atoms in total. The van der Waals surface area contributed by atoms with Gasteiger partial charge < -0.3 is 20.7 Å². The number of methoxy groups -OCH3 is 1. The molecule has 2 heterocycles. The molecule has 3 aromatic rings. The molecule has 1 aromatic heterocycles. The SMILES string of the molecule is C#Cc1cccc(Br)c1NC(=O)c1cnc(Nc2ccc(C3CCNCC3)c(C)c2)nc1OC. The number of aromatic nitrogens is 2. The smallest absolute Gasteiger partial charge is 0.262 e. The molecule has 1 aliphatic heterocycles. The van der Waals surface area contributed by atoms with Crippen LogP contribution in [0, 0.1) is 19.3 Å². The Morgan fingerprint density at radius 2 is 2.06 bits per heavy atom. The monoisotopic (exact) mass is 519 g/mol. The van der Waals surface area contributed by atoms with Crippen molar-refractivity contribution < 1.29 is 9.53 Å². The fourth-order valence-corrected chi connectivity index (χ4v) is 4.63. The van der Waals surface area contributed by atoms with Gasteiger partial charge >= 0.3 is 0 Å². The van der Waals surface area contributed by atoms with Crippen LogP contribution >= 0.6 is 15.9 Å². The van der Waals surface area contributed by atoms with E-state index in [9.17, 15) is 4.79 Å². The number of hydrogen-bond donors (Lipinski definition) is 3. The first-order valence-corrected chi connectivity index (χ1v) is 11.8. The summed E-state index contributed by atoms with van der Waals surface area (Å²) in [7, 11) is 1.46. The van der Waals surface area contributed by atoms with Gasteiger partial charge in [-0.25, -0.2) is 4.98 Å². The summed E-state index contributed by atoms with van der Waals surface area (Å²) in [5, 5.41) is 9.45. The lowest BCUT2D eigenvalue weighted by Crippen LogP contribution is -2.26. The van der Waals surface area contributed by atoms with E-state index in [4.69, 9.17) is 11.2 Å². The number of hydrogen-bond acceptors (Lipinski definition) is 6. The Morgan fingerprint density at radius 1 is 1.26 bits per heavy atom. The summed E-state index contributed by atoms with van der Waals surface area (Å²) in [5.41, 5.74) is 4.76. The van der Waals surface area contributed by atoms with E-state index in [0.29, 0.717) is 27.6 Å². The number of carbonyl (C=O) groups is 1. The minimum atomic E-state index is -0.422. The first kappa shape index (κ1) is 23.7. The third-order valence-electron chi connectivity index (χ3n) is 5.90. The van der Waals surface area contributed by atoms with Crippen molar-refractivity contribution in [3.8, 4) is 18.2 Å². The van der Waals surface area contributed by atoms with E-state index in [0.717, 1.165) is 31.6 Å². The van der Waals surface area contributed by atoms with Gasteiger partial charge in [-0.15, -0.1) is 6.42 Å². The third kappa shape index (κ3) is 5.22. The molecule has 0 saturated carbocycles. The maximum atomic E-state index is 12.9. The summed E-state index contributed by atoms with van der Waals surface area (Å²) in [5.74, 6) is 3.23. The summed E-state index contributed by atoms with van der Waals surface area (Å²) in [6.07, 6.45) is 9.30. The molecular weight excluding hydrogens is 494 g/mol. The normalized spacial score (nSPS) is 13.7. The van der Waals surface area contributed by atoms with Gasteiger partial charge in [-0.05, 0) is 90.1 Å². The molecular formula is C26H26BrN5O2. The van der Waals surface area contributed by atoms with Crippen molar-refractivity contribution in [2.45, 2.75) is 25.7 Å². The zero-order valence-electron chi connectivity index (χ0n) is 19.1. The van der Waals surface area contributed by atoms with Crippen LogP contribution in [0.4, 0.5) is 17.3 Å². The number of anilines is 3. The van der Waals surface area contributed by atoms with Crippen molar-refractivity contribution in [2.75, 3.05) is 30.8 Å². The number of nitrogens with one attached hydrogen (secondary N) is 3. The molecule has 174 valence electrons. The molecule has 1 aliphatic rings. The number of carbonyl (C=O) groups excluding carboxylic acids is 1. The average molecular weight is 520 g/mol. The highest BCUT2D eigenvalue weighted by molar-refractivity contribution is 9.10. The molecule has 8 heteroatoms. The molecule has 3 N–H and O–H groups in total. The zero-order valence-corrected chi connectivity index (χ0v) is 20.7. The highest BCUT2D eigenvalue weighted by atomic mass is 79.9. The van der Waals surface area contributed by atoms with E-state index < -0.39 is 5.91 Å². The molecule has 0 unspecified atom stereocenters. The maximum Gasteiger partial charge on any atom is 0.262 e. The fourth-order valence-electron chi connectivity index (χ4n) is 4.16. The number of ether oxygens (including phenoxy) is 1. The van der Waals surface area contributed by atoms with Gasteiger partial charge in [0.15, 0.2) is 0 Å². The summed E-state index contributed by atoms with van der Waals surface area (Å²) < 4.78 is 6.06. The van der Waals surface area contributed by atoms with Crippen LogP contribution in [0.3, 0.4) is 0 Å². The number of benzene rings is 2. The van der Waals surface area contributed by atoms with E-state index in [1.807, 2.05) is 6.07 Å². The van der Waals surface area contributed by atoms with Crippen LogP contribution in [-0.2, 0) is 0 Å². The molecule has 1 fully saturated rings. The van der Waals surface area contributed by atoms with Crippen molar-refractivity contribution in [3.05, 3.63) is 69.3 Å². The van der Waals surface area contributed by atoms with Crippen LogP contribution in [0.5, 0.6) is 5.88 Å². The van der Waals surface area contributed by atoms with Crippen LogP contribution in [0.1, 0.15) is 45.8 Å². The zero-order chi connectivity index (χ0) is 24.1. The highest BCUT2D eigenvalue weighted by Gasteiger charge is 2.19. The van der Waals surface area contributed by atoms with Crippen molar-refractivity contribution in [1.82, 2.24) is 15.3 Å². The van der Waals surface area contributed by atoms with E-state index in [1.54, 1.807) is 18.2 Å². The molecule has 0 spiro atoms. The first-order chi connectivity index (χ1) is 16.5. The molecule has 34 heavy (non-hydrogen) atoms. The Bertz CT molecular complexity index is 1250. The quantitative estimate of drug-likeness (QED) is 0.397. The van der Waals surface area contributed by atoms with Crippen LogP contribution in [0.15, 0.2) is 47.1 Å². The average Bonchev–Trinajstić information content (AvgIpc) is 2.85. The number of halogens is 1. The summed E-state index contributed by atoms with van der Waals surface area (Å²) in [4.78, 5) is 21.7.